The van der Waals surface area contributed by atoms with Crippen LogP contribution in [0.5, 0.6) is 0 Å². The molecule has 1 aromatic carbocycles. The molecule has 0 heterocycles. The molecule has 0 bridgehead atoms. The molecule has 0 aromatic heterocycles. The monoisotopic (exact) mass is 248 g/mol. The van der Waals surface area contributed by atoms with Gasteiger partial charge in [-0.15, -0.1) is 0 Å². The maximum atomic E-state index is 11.6. The Hall–Kier alpha value is -1.35. The summed E-state index contributed by atoms with van der Waals surface area (Å²) in [4.78, 5) is 11.6. The van der Waals surface area contributed by atoms with Gasteiger partial charge in [0.05, 0.1) is 6.54 Å². The van der Waals surface area contributed by atoms with E-state index in [0.29, 0.717) is 6.54 Å². The summed E-state index contributed by atoms with van der Waals surface area (Å²) in [6.07, 6.45) is 2.14. The summed E-state index contributed by atoms with van der Waals surface area (Å²) in [7, 11) is 0. The second kappa shape index (κ2) is 7.88. The van der Waals surface area contributed by atoms with Crippen molar-refractivity contribution < 1.29 is 4.79 Å². The first-order valence-electron chi connectivity index (χ1n) is 6.71. The molecule has 1 rings (SSSR count). The Bertz CT molecular complexity index is 349. The van der Waals surface area contributed by atoms with Gasteiger partial charge in [0.25, 0.3) is 0 Å². The van der Waals surface area contributed by atoms with Crippen LogP contribution in [0.1, 0.15) is 45.2 Å². The molecule has 1 amide bonds. The van der Waals surface area contributed by atoms with Gasteiger partial charge in [0, 0.05) is 12.1 Å². The minimum absolute atomic E-state index is 0.0574. The molecule has 0 saturated carbocycles. The van der Waals surface area contributed by atoms with Crippen molar-refractivity contribution in [2.45, 2.75) is 45.7 Å². The summed E-state index contributed by atoms with van der Waals surface area (Å²) in [6, 6.07) is 10.7. The van der Waals surface area contributed by atoms with Gasteiger partial charge in [0.15, 0.2) is 0 Å². The molecule has 3 heteroatoms. The summed E-state index contributed by atoms with van der Waals surface area (Å²) in [5.41, 5.74) is 1.25. The SMILES string of the molecule is CCCC(NCC(=O)NC(C)C)c1ccccc1. The zero-order chi connectivity index (χ0) is 13.4. The smallest absolute Gasteiger partial charge is 0.234 e. The largest absolute Gasteiger partial charge is 0.353 e. The maximum absolute atomic E-state index is 11.6. The Labute approximate surface area is 110 Å². The van der Waals surface area contributed by atoms with Crippen LogP contribution < -0.4 is 10.6 Å². The van der Waals surface area contributed by atoms with Gasteiger partial charge < -0.3 is 10.6 Å². The fraction of sp³-hybridized carbons (Fsp3) is 0.533. The maximum Gasteiger partial charge on any atom is 0.234 e. The molecular formula is C15H24N2O. The van der Waals surface area contributed by atoms with Gasteiger partial charge in [0.1, 0.15) is 0 Å². The van der Waals surface area contributed by atoms with E-state index in [4.69, 9.17) is 0 Å². The van der Waals surface area contributed by atoms with E-state index in [0.717, 1.165) is 12.8 Å². The van der Waals surface area contributed by atoms with Crippen molar-refractivity contribution in [1.29, 1.82) is 0 Å². The quantitative estimate of drug-likeness (QED) is 0.779. The van der Waals surface area contributed by atoms with Crippen LogP contribution in [0, 0.1) is 0 Å². The molecule has 1 unspecified atom stereocenters. The van der Waals surface area contributed by atoms with Crippen molar-refractivity contribution in [3.63, 3.8) is 0 Å². The first kappa shape index (κ1) is 14.7. The molecule has 0 aliphatic carbocycles. The molecule has 1 aromatic rings. The third-order valence-electron chi connectivity index (χ3n) is 2.74. The Balaban J connectivity index is 2.51. The minimum atomic E-state index is 0.0574. The fourth-order valence-corrected chi connectivity index (χ4v) is 1.95. The topological polar surface area (TPSA) is 41.1 Å². The number of hydrogen-bond acceptors (Lipinski definition) is 2. The van der Waals surface area contributed by atoms with Crippen molar-refractivity contribution in [2.75, 3.05) is 6.54 Å². The predicted octanol–water partition coefficient (Wildman–Crippen LogP) is 2.64. The average molecular weight is 248 g/mol. The van der Waals surface area contributed by atoms with E-state index < -0.39 is 0 Å². The lowest BCUT2D eigenvalue weighted by Gasteiger charge is -2.19. The van der Waals surface area contributed by atoms with E-state index in [1.807, 2.05) is 32.0 Å². The van der Waals surface area contributed by atoms with Gasteiger partial charge in [-0.1, -0.05) is 43.7 Å². The van der Waals surface area contributed by atoms with Gasteiger partial charge in [-0.3, -0.25) is 4.79 Å². The van der Waals surface area contributed by atoms with Crippen LogP contribution in [0.25, 0.3) is 0 Å². The van der Waals surface area contributed by atoms with Gasteiger partial charge in [-0.25, -0.2) is 0 Å². The number of benzene rings is 1. The summed E-state index contributed by atoms with van der Waals surface area (Å²) >= 11 is 0. The Morgan fingerprint density at radius 2 is 1.89 bits per heavy atom. The van der Waals surface area contributed by atoms with E-state index in [2.05, 4.69) is 29.7 Å². The van der Waals surface area contributed by atoms with Gasteiger partial charge in [-0.2, -0.15) is 0 Å². The summed E-state index contributed by atoms with van der Waals surface area (Å²) in [5, 5.41) is 6.22. The molecule has 0 spiro atoms. The van der Waals surface area contributed by atoms with Crippen LogP contribution in [0.15, 0.2) is 30.3 Å². The van der Waals surface area contributed by atoms with Crippen molar-refractivity contribution in [2.24, 2.45) is 0 Å². The highest BCUT2D eigenvalue weighted by atomic mass is 16.1. The Kier molecular flexibility index (Phi) is 6.44. The number of carbonyl (C=O) groups is 1. The van der Waals surface area contributed by atoms with Crippen molar-refractivity contribution in [3.05, 3.63) is 35.9 Å². The normalized spacial score (nSPS) is 12.4. The Morgan fingerprint density at radius 1 is 1.22 bits per heavy atom. The first-order valence-corrected chi connectivity index (χ1v) is 6.71. The molecule has 18 heavy (non-hydrogen) atoms. The molecular weight excluding hydrogens is 224 g/mol. The van der Waals surface area contributed by atoms with E-state index in [1.54, 1.807) is 0 Å². The third-order valence-corrected chi connectivity index (χ3v) is 2.74. The second-order valence-electron chi connectivity index (χ2n) is 4.86. The van der Waals surface area contributed by atoms with E-state index in [1.165, 1.54) is 5.56 Å². The molecule has 2 N–H and O–H groups in total. The first-order chi connectivity index (χ1) is 8.63. The lowest BCUT2D eigenvalue weighted by molar-refractivity contribution is -0.120. The fourth-order valence-electron chi connectivity index (χ4n) is 1.95. The molecule has 3 nitrogen and oxygen atoms in total. The molecule has 1 atom stereocenters. The van der Waals surface area contributed by atoms with Crippen LogP contribution in [-0.2, 0) is 4.79 Å². The van der Waals surface area contributed by atoms with Gasteiger partial charge in [0.2, 0.25) is 5.91 Å². The number of nitrogens with one attached hydrogen (secondary N) is 2. The highest BCUT2D eigenvalue weighted by molar-refractivity contribution is 5.78. The number of rotatable bonds is 7. The van der Waals surface area contributed by atoms with Crippen molar-refractivity contribution >= 4 is 5.91 Å². The van der Waals surface area contributed by atoms with Crippen molar-refractivity contribution in [3.8, 4) is 0 Å². The number of hydrogen-bond donors (Lipinski definition) is 2. The molecule has 0 aliphatic rings. The lowest BCUT2D eigenvalue weighted by Crippen LogP contribution is -2.38. The van der Waals surface area contributed by atoms with Crippen LogP contribution in [0.3, 0.4) is 0 Å². The van der Waals surface area contributed by atoms with Crippen LogP contribution in [0.2, 0.25) is 0 Å². The van der Waals surface area contributed by atoms with Crippen LogP contribution >= 0.6 is 0 Å². The lowest BCUT2D eigenvalue weighted by atomic mass is 10.0. The predicted molar refractivity (Wildman–Crippen MR) is 75.4 cm³/mol. The highest BCUT2D eigenvalue weighted by Crippen LogP contribution is 2.17. The van der Waals surface area contributed by atoms with Gasteiger partial charge >= 0.3 is 0 Å². The molecule has 0 fully saturated rings. The van der Waals surface area contributed by atoms with Crippen LogP contribution in [0.4, 0.5) is 0 Å². The van der Waals surface area contributed by atoms with Gasteiger partial charge in [-0.05, 0) is 25.8 Å². The minimum Gasteiger partial charge on any atom is -0.353 e. The van der Waals surface area contributed by atoms with E-state index in [-0.39, 0.29) is 18.0 Å². The zero-order valence-electron chi connectivity index (χ0n) is 11.6. The number of carbonyl (C=O) groups excluding carboxylic acids is 1. The Morgan fingerprint density at radius 3 is 2.44 bits per heavy atom. The van der Waals surface area contributed by atoms with E-state index >= 15 is 0 Å². The second-order valence-corrected chi connectivity index (χ2v) is 4.86. The van der Waals surface area contributed by atoms with Crippen LogP contribution in [-0.4, -0.2) is 18.5 Å². The molecule has 100 valence electrons. The summed E-state index contributed by atoms with van der Waals surface area (Å²) in [6.45, 7) is 6.47. The number of amides is 1. The standard InChI is InChI=1S/C15H24N2O/c1-4-8-14(13-9-6-5-7-10-13)16-11-15(18)17-12(2)3/h5-7,9-10,12,14,16H,4,8,11H2,1-3H3,(H,17,18). The third kappa shape index (κ3) is 5.32. The molecule has 0 radical (unpaired) electrons. The summed E-state index contributed by atoms with van der Waals surface area (Å²) < 4.78 is 0. The summed E-state index contributed by atoms with van der Waals surface area (Å²) in [5.74, 6) is 0.0574. The molecule has 0 aliphatic heterocycles. The van der Waals surface area contributed by atoms with Crippen molar-refractivity contribution in [1.82, 2.24) is 10.6 Å². The zero-order valence-corrected chi connectivity index (χ0v) is 11.6. The highest BCUT2D eigenvalue weighted by Gasteiger charge is 2.11. The van der Waals surface area contributed by atoms with E-state index in [9.17, 15) is 4.79 Å². The average Bonchev–Trinajstić information content (AvgIpc) is 2.34. The molecule has 0 saturated heterocycles.